The molecule has 5 rings (SSSR count). The van der Waals surface area contributed by atoms with Crippen LogP contribution in [-0.4, -0.2) is 36.3 Å². The van der Waals surface area contributed by atoms with Crippen LogP contribution in [0.3, 0.4) is 0 Å². The summed E-state index contributed by atoms with van der Waals surface area (Å²) in [5.41, 5.74) is -0.135. The van der Waals surface area contributed by atoms with Gasteiger partial charge in [0, 0.05) is 24.0 Å². The molecule has 2 aromatic rings. The summed E-state index contributed by atoms with van der Waals surface area (Å²) in [4.78, 5) is 55.5. The van der Waals surface area contributed by atoms with E-state index in [2.05, 4.69) is 0 Å². The van der Waals surface area contributed by atoms with Crippen molar-refractivity contribution in [3.05, 3.63) is 59.7 Å². The van der Waals surface area contributed by atoms with Crippen LogP contribution in [0.2, 0.25) is 0 Å². The van der Waals surface area contributed by atoms with Gasteiger partial charge >= 0.3 is 5.97 Å². The van der Waals surface area contributed by atoms with Crippen molar-refractivity contribution in [2.24, 2.45) is 11.8 Å². The molecule has 0 bridgehead atoms. The number of anilines is 2. The van der Waals surface area contributed by atoms with Crippen molar-refractivity contribution in [3.8, 4) is 0 Å². The van der Waals surface area contributed by atoms with Gasteiger partial charge in [0.25, 0.3) is 18.3 Å². The normalized spacial score (nSPS) is 26.7. The number of benzene rings is 2. The largest absolute Gasteiger partial charge is 0.446 e. The maximum Gasteiger partial charge on any atom is 0.310 e. The lowest BCUT2D eigenvalue weighted by molar-refractivity contribution is -0.159. The predicted octanol–water partition coefficient (Wildman–Crippen LogP) is 5.08. The van der Waals surface area contributed by atoms with E-state index in [0.717, 1.165) is 0 Å². The Kier molecular flexibility index (Phi) is 7.61. The Labute approximate surface area is 230 Å². The zero-order chi connectivity index (χ0) is 28.7. The minimum absolute atomic E-state index is 0.0792. The Hall–Kier alpha value is -3.68. The summed E-state index contributed by atoms with van der Waals surface area (Å²) in [6.07, 6.45) is 0.608. The molecule has 0 aliphatic carbocycles. The van der Waals surface area contributed by atoms with E-state index in [1.807, 2.05) is 90.1 Å². The van der Waals surface area contributed by atoms with Gasteiger partial charge in [-0.15, -0.1) is 0 Å². The highest BCUT2D eigenvalue weighted by Crippen LogP contribution is 2.52. The first-order chi connectivity index (χ1) is 18.6. The second-order valence-electron chi connectivity index (χ2n) is 10.9. The smallest absolute Gasteiger partial charge is 0.310 e. The third-order valence-corrected chi connectivity index (χ3v) is 8.05. The van der Waals surface area contributed by atoms with Gasteiger partial charge in [-0.3, -0.25) is 19.2 Å². The molecule has 0 radical (unpaired) electrons. The fraction of sp³-hybridized carbons (Fsp3) is 0.484. The first-order valence-electron chi connectivity index (χ1n) is 13.8. The van der Waals surface area contributed by atoms with E-state index < -0.39 is 29.2 Å². The van der Waals surface area contributed by atoms with Gasteiger partial charge < -0.3 is 19.3 Å². The summed E-state index contributed by atoms with van der Waals surface area (Å²) in [7, 11) is 0. The Bertz CT molecular complexity index is 1290. The molecule has 0 aromatic heterocycles. The van der Waals surface area contributed by atoms with Crippen LogP contribution < -0.4 is 9.80 Å². The number of hydrogen-bond donors (Lipinski definition) is 0. The number of ether oxygens (including phenoxy) is 2. The van der Waals surface area contributed by atoms with E-state index in [1.54, 1.807) is 16.7 Å². The van der Waals surface area contributed by atoms with Crippen LogP contribution >= 0.6 is 0 Å². The quantitative estimate of drug-likeness (QED) is 0.364. The van der Waals surface area contributed by atoms with Gasteiger partial charge in [-0.05, 0) is 31.9 Å². The van der Waals surface area contributed by atoms with E-state index in [-0.39, 0.29) is 30.1 Å². The maximum absolute atomic E-state index is 14.1. The first kappa shape index (κ1) is 28.3. The molecular formula is C31H38N2O6. The molecule has 8 nitrogen and oxygen atoms in total. The number of fused-ring (bicyclic) bond motifs is 3. The third kappa shape index (κ3) is 4.12. The Morgan fingerprint density at radius 1 is 0.897 bits per heavy atom. The van der Waals surface area contributed by atoms with Crippen molar-refractivity contribution in [3.63, 3.8) is 0 Å². The van der Waals surface area contributed by atoms with Crippen molar-refractivity contribution in [2.75, 3.05) is 9.80 Å². The number of carbonyl (C=O) groups excluding carboxylic acids is 4. The number of amides is 2. The number of nitrogens with zero attached hydrogens (tertiary/aromatic N) is 2. The second-order valence-corrected chi connectivity index (χ2v) is 10.9. The average molecular weight is 535 g/mol. The van der Waals surface area contributed by atoms with Crippen LogP contribution in [0.1, 0.15) is 72.4 Å². The topological polar surface area (TPSA) is 93.2 Å². The van der Waals surface area contributed by atoms with Crippen LogP contribution in [0.4, 0.5) is 11.4 Å². The molecule has 2 amide bonds. The monoisotopic (exact) mass is 534 g/mol. The summed E-state index contributed by atoms with van der Waals surface area (Å²) in [5.74, 6) is -1.34. The Balaban J connectivity index is 0.00000172. The molecule has 3 aliphatic rings. The van der Waals surface area contributed by atoms with Crippen molar-refractivity contribution in [2.45, 2.75) is 84.6 Å². The minimum atomic E-state index is -1.43. The minimum Gasteiger partial charge on any atom is -0.446 e. The second kappa shape index (κ2) is 10.5. The Morgan fingerprint density at radius 3 is 1.92 bits per heavy atom. The molecule has 0 saturated carbocycles. The molecule has 1 fully saturated rings. The average Bonchev–Trinajstić information content (AvgIpc) is 3.45. The van der Waals surface area contributed by atoms with Gasteiger partial charge in [0.1, 0.15) is 0 Å². The van der Waals surface area contributed by atoms with Gasteiger partial charge in [0.2, 0.25) is 11.2 Å². The summed E-state index contributed by atoms with van der Waals surface area (Å²) in [5, 5.41) is 0. The van der Waals surface area contributed by atoms with E-state index in [4.69, 9.17) is 9.47 Å². The van der Waals surface area contributed by atoms with Gasteiger partial charge in [-0.2, -0.15) is 0 Å². The lowest BCUT2D eigenvalue weighted by Crippen LogP contribution is -2.55. The van der Waals surface area contributed by atoms with E-state index in [0.29, 0.717) is 35.4 Å². The van der Waals surface area contributed by atoms with E-state index in [9.17, 15) is 19.2 Å². The third-order valence-electron chi connectivity index (χ3n) is 8.05. The van der Waals surface area contributed by atoms with Crippen LogP contribution in [0, 0.1) is 11.8 Å². The van der Waals surface area contributed by atoms with Crippen molar-refractivity contribution in [1.82, 2.24) is 0 Å². The predicted molar refractivity (Wildman–Crippen MR) is 148 cm³/mol. The number of hydrogen-bond acceptors (Lipinski definition) is 6. The van der Waals surface area contributed by atoms with Gasteiger partial charge in [0.15, 0.2) is 0 Å². The zero-order valence-corrected chi connectivity index (χ0v) is 23.8. The Morgan fingerprint density at radius 2 is 1.41 bits per heavy atom. The number of esters is 1. The van der Waals surface area contributed by atoms with Crippen molar-refractivity contribution >= 4 is 35.6 Å². The molecule has 3 aliphatic heterocycles. The molecule has 3 heterocycles. The first-order valence-corrected chi connectivity index (χ1v) is 13.8. The van der Waals surface area contributed by atoms with Crippen LogP contribution in [0.5, 0.6) is 0 Å². The SMILES string of the molecule is CC.CC(C)CC1(OC=O)C(=O)N(C(C)C(C)N2C(=O)C3(CC(C)C(=O)O3)c3ccccc32)c2ccccc21. The number of para-hydroxylation sites is 2. The molecule has 5 unspecified atom stereocenters. The van der Waals surface area contributed by atoms with E-state index in [1.165, 1.54) is 0 Å². The molecule has 39 heavy (non-hydrogen) atoms. The highest BCUT2D eigenvalue weighted by atomic mass is 16.6. The summed E-state index contributed by atoms with van der Waals surface area (Å²) >= 11 is 0. The molecule has 1 spiro atoms. The zero-order valence-electron chi connectivity index (χ0n) is 23.8. The van der Waals surface area contributed by atoms with Crippen LogP contribution in [0.15, 0.2) is 48.5 Å². The molecule has 208 valence electrons. The molecular weight excluding hydrogens is 496 g/mol. The standard InChI is InChI=1S/C29H32N2O6.C2H6/c1-17(2)14-28(36-16-32)21-10-6-8-12-23(21)30(26(28)34)19(4)20(5)31-24-13-9-7-11-22(24)29(27(31)35)15-18(3)25(33)37-29;1-2/h6-13,16-20H,14-15H2,1-5H3;1-2H3. The van der Waals surface area contributed by atoms with E-state index >= 15 is 0 Å². The summed E-state index contributed by atoms with van der Waals surface area (Å²) < 4.78 is 11.4. The maximum atomic E-state index is 14.1. The fourth-order valence-electron chi connectivity index (χ4n) is 6.27. The summed E-state index contributed by atoms with van der Waals surface area (Å²) in [6.45, 7) is 13.8. The van der Waals surface area contributed by atoms with Gasteiger partial charge in [0.05, 0.1) is 29.4 Å². The van der Waals surface area contributed by atoms with Crippen molar-refractivity contribution in [1.29, 1.82) is 0 Å². The van der Waals surface area contributed by atoms with Crippen LogP contribution in [-0.2, 0) is 39.9 Å². The highest BCUT2D eigenvalue weighted by molar-refractivity contribution is 6.11. The van der Waals surface area contributed by atoms with Gasteiger partial charge in [-0.25, -0.2) is 0 Å². The lowest BCUT2D eigenvalue weighted by atomic mass is 9.86. The number of carbonyl (C=O) groups is 4. The van der Waals surface area contributed by atoms with Crippen molar-refractivity contribution < 1.29 is 28.7 Å². The van der Waals surface area contributed by atoms with Crippen LogP contribution in [0.25, 0.3) is 0 Å². The molecule has 5 atom stereocenters. The molecule has 2 aromatic carbocycles. The molecule has 0 N–H and O–H groups in total. The highest BCUT2D eigenvalue weighted by Gasteiger charge is 2.61. The van der Waals surface area contributed by atoms with Gasteiger partial charge in [-0.1, -0.05) is 71.0 Å². The molecule has 8 heteroatoms. The summed E-state index contributed by atoms with van der Waals surface area (Å²) in [6, 6.07) is 13.7. The fourth-order valence-corrected chi connectivity index (χ4v) is 6.27. The molecule has 1 saturated heterocycles. The number of rotatable bonds is 7. The lowest BCUT2D eigenvalue weighted by Gasteiger charge is -2.37.